The van der Waals surface area contributed by atoms with Gasteiger partial charge in [-0.2, -0.15) is 0 Å². The highest BCUT2D eigenvalue weighted by atomic mass is 16.3. The Bertz CT molecular complexity index is 506. The molecule has 0 bridgehead atoms. The quantitative estimate of drug-likeness (QED) is 0.787. The molecule has 23 heavy (non-hydrogen) atoms. The fourth-order valence-electron chi connectivity index (χ4n) is 3.67. The van der Waals surface area contributed by atoms with Gasteiger partial charge in [0.1, 0.15) is 0 Å². The van der Waals surface area contributed by atoms with E-state index in [0.717, 1.165) is 44.9 Å². The van der Waals surface area contributed by atoms with Crippen molar-refractivity contribution in [2.45, 2.75) is 38.6 Å². The molecule has 1 aliphatic carbocycles. The van der Waals surface area contributed by atoms with Crippen molar-refractivity contribution in [2.24, 2.45) is 11.8 Å². The zero-order chi connectivity index (χ0) is 15.9. The minimum absolute atomic E-state index is 0.351. The van der Waals surface area contributed by atoms with Crippen LogP contribution in [-0.4, -0.2) is 36.2 Å². The maximum atomic E-state index is 9.24. The number of nitrogens with one attached hydrogen (secondary N) is 1. The predicted molar refractivity (Wildman–Crippen MR) is 96.5 cm³/mol. The Labute approximate surface area is 140 Å². The minimum atomic E-state index is 0.351. The maximum Gasteiger partial charge on any atom is 0.0460 e. The number of nitrogens with zero attached hydrogens (tertiary/aromatic N) is 1. The first-order valence-electron chi connectivity index (χ1n) is 9.14. The summed E-state index contributed by atoms with van der Waals surface area (Å²) in [5.41, 5.74) is 2.64. The van der Waals surface area contributed by atoms with Crippen LogP contribution in [0.25, 0.3) is 0 Å². The van der Waals surface area contributed by atoms with Crippen LogP contribution in [0, 0.1) is 11.8 Å². The van der Waals surface area contributed by atoms with Crippen LogP contribution in [-0.2, 0) is 6.54 Å². The molecule has 3 rings (SSSR count). The molecule has 1 fully saturated rings. The van der Waals surface area contributed by atoms with Crippen LogP contribution in [0.1, 0.15) is 37.7 Å². The molecule has 0 saturated carbocycles. The van der Waals surface area contributed by atoms with Gasteiger partial charge in [0.2, 0.25) is 0 Å². The standard InChI is InChI=1S/C20H30N2O/c23-16-18-9-11-22(12-10-18)15-19-7-4-8-20(13-19)21-14-17-5-2-1-3-6-17/h1-2,4,7-8,13,17-18,21,23H,3,5-6,9-12,14-16H2. The molecule has 1 aromatic carbocycles. The topological polar surface area (TPSA) is 35.5 Å². The molecule has 3 heteroatoms. The molecule has 1 unspecified atom stereocenters. The molecule has 126 valence electrons. The van der Waals surface area contributed by atoms with E-state index < -0.39 is 0 Å². The first kappa shape index (κ1) is 16.5. The van der Waals surface area contributed by atoms with Crippen molar-refractivity contribution in [2.75, 3.05) is 31.6 Å². The van der Waals surface area contributed by atoms with Gasteiger partial charge in [-0.15, -0.1) is 0 Å². The van der Waals surface area contributed by atoms with Crippen LogP contribution in [0.2, 0.25) is 0 Å². The van der Waals surface area contributed by atoms with Gasteiger partial charge in [-0.05, 0) is 74.7 Å². The average molecular weight is 314 g/mol. The molecule has 3 nitrogen and oxygen atoms in total. The first-order valence-corrected chi connectivity index (χ1v) is 9.14. The summed E-state index contributed by atoms with van der Waals surface area (Å²) >= 11 is 0. The molecule has 2 N–H and O–H groups in total. The Morgan fingerprint density at radius 1 is 1.09 bits per heavy atom. The summed E-state index contributed by atoms with van der Waals surface area (Å²) in [5.74, 6) is 1.30. The number of hydrogen-bond donors (Lipinski definition) is 2. The number of allylic oxidation sites excluding steroid dienone is 2. The van der Waals surface area contributed by atoms with Crippen LogP contribution in [0.15, 0.2) is 36.4 Å². The second kappa shape index (κ2) is 8.51. The van der Waals surface area contributed by atoms with Crippen LogP contribution >= 0.6 is 0 Å². The highest BCUT2D eigenvalue weighted by Gasteiger charge is 2.18. The smallest absolute Gasteiger partial charge is 0.0460 e. The summed E-state index contributed by atoms with van der Waals surface area (Å²) in [5, 5.41) is 12.9. The second-order valence-electron chi connectivity index (χ2n) is 7.13. The molecule has 1 aliphatic heterocycles. The first-order chi connectivity index (χ1) is 11.3. The van der Waals surface area contributed by atoms with Crippen molar-refractivity contribution in [3.05, 3.63) is 42.0 Å². The van der Waals surface area contributed by atoms with E-state index in [-0.39, 0.29) is 0 Å². The van der Waals surface area contributed by atoms with E-state index in [4.69, 9.17) is 0 Å². The molecular formula is C20H30N2O. The van der Waals surface area contributed by atoms with Crippen LogP contribution < -0.4 is 5.32 Å². The molecule has 1 atom stereocenters. The molecule has 0 aromatic heterocycles. The van der Waals surface area contributed by atoms with E-state index in [1.165, 1.54) is 30.5 Å². The van der Waals surface area contributed by atoms with E-state index in [2.05, 4.69) is 46.6 Å². The molecule has 0 radical (unpaired) electrons. The lowest BCUT2D eigenvalue weighted by Gasteiger charge is -2.31. The van der Waals surface area contributed by atoms with Crippen LogP contribution in [0.4, 0.5) is 5.69 Å². The van der Waals surface area contributed by atoms with Gasteiger partial charge in [0.05, 0.1) is 0 Å². The van der Waals surface area contributed by atoms with Gasteiger partial charge in [0.25, 0.3) is 0 Å². The molecule has 1 saturated heterocycles. The van der Waals surface area contributed by atoms with Crippen molar-refractivity contribution >= 4 is 5.69 Å². The lowest BCUT2D eigenvalue weighted by Crippen LogP contribution is -2.34. The van der Waals surface area contributed by atoms with Crippen LogP contribution in [0.5, 0.6) is 0 Å². The van der Waals surface area contributed by atoms with Crippen molar-refractivity contribution in [3.63, 3.8) is 0 Å². The van der Waals surface area contributed by atoms with Crippen LogP contribution in [0.3, 0.4) is 0 Å². The number of likely N-dealkylation sites (tertiary alicyclic amines) is 1. The molecule has 0 spiro atoms. The Morgan fingerprint density at radius 2 is 1.96 bits per heavy atom. The SMILES string of the molecule is OCC1CCN(Cc2cccc(NCC3CC=CCC3)c2)CC1. The monoisotopic (exact) mass is 314 g/mol. The van der Waals surface area contributed by atoms with Crippen molar-refractivity contribution in [1.82, 2.24) is 4.90 Å². The average Bonchev–Trinajstić information content (AvgIpc) is 2.62. The summed E-state index contributed by atoms with van der Waals surface area (Å²) in [6.07, 6.45) is 10.6. The molecule has 1 heterocycles. The minimum Gasteiger partial charge on any atom is -0.396 e. The maximum absolute atomic E-state index is 9.24. The van der Waals surface area contributed by atoms with Gasteiger partial charge in [-0.3, -0.25) is 4.90 Å². The Hall–Kier alpha value is -1.32. The normalized spacial score (nSPS) is 23.1. The summed E-state index contributed by atoms with van der Waals surface area (Å²) < 4.78 is 0. The number of benzene rings is 1. The Kier molecular flexibility index (Phi) is 6.12. The van der Waals surface area contributed by atoms with Gasteiger partial charge in [-0.1, -0.05) is 24.3 Å². The second-order valence-corrected chi connectivity index (χ2v) is 7.13. The fraction of sp³-hybridized carbons (Fsp3) is 0.600. The lowest BCUT2D eigenvalue weighted by molar-refractivity contribution is 0.127. The Balaban J connectivity index is 1.48. The number of piperidine rings is 1. The van der Waals surface area contributed by atoms with Crippen molar-refractivity contribution in [3.8, 4) is 0 Å². The van der Waals surface area contributed by atoms with E-state index in [9.17, 15) is 5.11 Å². The van der Waals surface area contributed by atoms with E-state index in [1.807, 2.05) is 0 Å². The zero-order valence-corrected chi connectivity index (χ0v) is 14.1. The highest BCUT2D eigenvalue weighted by molar-refractivity contribution is 5.45. The van der Waals surface area contributed by atoms with Gasteiger partial charge >= 0.3 is 0 Å². The third-order valence-electron chi connectivity index (χ3n) is 5.27. The van der Waals surface area contributed by atoms with Gasteiger partial charge in [0.15, 0.2) is 0 Å². The summed E-state index contributed by atoms with van der Waals surface area (Å²) in [6.45, 7) is 4.67. The lowest BCUT2D eigenvalue weighted by atomic mass is 9.94. The van der Waals surface area contributed by atoms with Gasteiger partial charge in [0, 0.05) is 25.4 Å². The van der Waals surface area contributed by atoms with E-state index in [0.29, 0.717) is 12.5 Å². The number of rotatable bonds is 6. The summed E-state index contributed by atoms with van der Waals surface area (Å²) in [4.78, 5) is 2.51. The highest BCUT2D eigenvalue weighted by Crippen LogP contribution is 2.21. The predicted octanol–water partition coefficient (Wildman–Crippen LogP) is 3.66. The molecular weight excluding hydrogens is 284 g/mol. The van der Waals surface area contributed by atoms with Crippen molar-refractivity contribution < 1.29 is 5.11 Å². The van der Waals surface area contributed by atoms with E-state index >= 15 is 0 Å². The number of aliphatic hydroxyl groups excluding tert-OH is 1. The third-order valence-corrected chi connectivity index (χ3v) is 5.27. The molecule has 2 aliphatic rings. The van der Waals surface area contributed by atoms with Gasteiger partial charge in [-0.25, -0.2) is 0 Å². The van der Waals surface area contributed by atoms with Gasteiger partial charge < -0.3 is 10.4 Å². The van der Waals surface area contributed by atoms with E-state index in [1.54, 1.807) is 0 Å². The molecule has 0 amide bonds. The number of hydrogen-bond acceptors (Lipinski definition) is 3. The van der Waals surface area contributed by atoms with Crippen molar-refractivity contribution in [1.29, 1.82) is 0 Å². The largest absolute Gasteiger partial charge is 0.396 e. The zero-order valence-electron chi connectivity index (χ0n) is 14.1. The number of anilines is 1. The summed E-state index contributed by atoms with van der Waals surface area (Å²) in [7, 11) is 0. The summed E-state index contributed by atoms with van der Waals surface area (Å²) in [6, 6.07) is 8.88. The molecule has 1 aromatic rings. The number of aliphatic hydroxyl groups is 1. The fourth-order valence-corrected chi connectivity index (χ4v) is 3.67. The third kappa shape index (κ3) is 5.08. The Morgan fingerprint density at radius 3 is 2.70 bits per heavy atom.